The molecule has 5 rings (SSSR count). The summed E-state index contributed by atoms with van der Waals surface area (Å²) < 4.78 is 17.3. The molecular formula is C27H26ClN3O4S. The molecule has 3 heterocycles. The number of carbonyl (C=O) groups excluding carboxylic acids is 1. The molecule has 0 N–H and O–H groups in total. The number of rotatable bonds is 7. The smallest absolute Gasteiger partial charge is 0.340 e. The van der Waals surface area contributed by atoms with Crippen LogP contribution in [0, 0.1) is 0 Å². The van der Waals surface area contributed by atoms with Crippen LogP contribution < -0.4 is 14.4 Å². The SMILES string of the molecule is COc1ccc(-c2cc(C(=O)OCc3ccc(Cl)cc3)c3sc(N4CCCCC4)nc3n2)cc1OC. The lowest BCUT2D eigenvalue weighted by Crippen LogP contribution is -2.29. The highest BCUT2D eigenvalue weighted by atomic mass is 35.5. The molecule has 7 nitrogen and oxygen atoms in total. The van der Waals surface area contributed by atoms with E-state index in [9.17, 15) is 4.79 Å². The van der Waals surface area contributed by atoms with Gasteiger partial charge in [0.1, 0.15) is 6.61 Å². The van der Waals surface area contributed by atoms with E-state index in [2.05, 4.69) is 4.90 Å². The lowest BCUT2D eigenvalue weighted by atomic mass is 10.1. The van der Waals surface area contributed by atoms with Crippen molar-refractivity contribution in [3.05, 3.63) is 64.7 Å². The Kier molecular flexibility index (Phi) is 7.25. The molecule has 1 fully saturated rings. The van der Waals surface area contributed by atoms with Crippen molar-refractivity contribution >= 4 is 44.4 Å². The molecule has 9 heteroatoms. The molecule has 2 aromatic heterocycles. The number of benzene rings is 2. The van der Waals surface area contributed by atoms with E-state index in [1.807, 2.05) is 30.3 Å². The minimum absolute atomic E-state index is 0.142. The molecule has 0 aliphatic carbocycles. The summed E-state index contributed by atoms with van der Waals surface area (Å²) in [4.78, 5) is 25.3. The van der Waals surface area contributed by atoms with Crippen molar-refractivity contribution in [2.24, 2.45) is 0 Å². The first-order valence-corrected chi connectivity index (χ1v) is 13.0. The van der Waals surface area contributed by atoms with Crippen molar-refractivity contribution in [3.8, 4) is 22.8 Å². The van der Waals surface area contributed by atoms with E-state index in [1.54, 1.807) is 32.4 Å². The number of esters is 1. The Balaban J connectivity index is 1.54. The van der Waals surface area contributed by atoms with E-state index in [-0.39, 0.29) is 6.61 Å². The van der Waals surface area contributed by atoms with Gasteiger partial charge in [-0.05, 0) is 61.2 Å². The van der Waals surface area contributed by atoms with Crippen LogP contribution >= 0.6 is 22.9 Å². The van der Waals surface area contributed by atoms with Crippen LogP contribution in [0.2, 0.25) is 5.02 Å². The molecule has 0 saturated carbocycles. The third kappa shape index (κ3) is 5.10. The second kappa shape index (κ2) is 10.7. The van der Waals surface area contributed by atoms with Crippen LogP contribution in [-0.2, 0) is 11.3 Å². The lowest BCUT2D eigenvalue weighted by molar-refractivity contribution is 0.0475. The maximum absolute atomic E-state index is 13.3. The van der Waals surface area contributed by atoms with Gasteiger partial charge < -0.3 is 19.1 Å². The number of hydrogen-bond donors (Lipinski definition) is 0. The average molecular weight is 524 g/mol. The van der Waals surface area contributed by atoms with Crippen LogP contribution in [0.4, 0.5) is 5.13 Å². The minimum atomic E-state index is -0.423. The van der Waals surface area contributed by atoms with Gasteiger partial charge in [0.2, 0.25) is 0 Å². The Bertz CT molecular complexity index is 1380. The quantitative estimate of drug-likeness (QED) is 0.260. The first-order valence-electron chi connectivity index (χ1n) is 11.8. The molecule has 1 aliphatic rings. The van der Waals surface area contributed by atoms with E-state index >= 15 is 0 Å². The summed E-state index contributed by atoms with van der Waals surface area (Å²) in [6.45, 7) is 2.06. The first kappa shape index (κ1) is 24.3. The third-order valence-corrected chi connectivity index (χ3v) is 7.55. The number of ether oxygens (including phenoxy) is 3. The van der Waals surface area contributed by atoms with Gasteiger partial charge >= 0.3 is 5.97 Å². The number of hydrogen-bond acceptors (Lipinski definition) is 8. The summed E-state index contributed by atoms with van der Waals surface area (Å²) in [5.74, 6) is 0.773. The van der Waals surface area contributed by atoms with E-state index in [1.165, 1.54) is 17.8 Å². The first-order chi connectivity index (χ1) is 17.6. The van der Waals surface area contributed by atoms with Crippen molar-refractivity contribution in [2.75, 3.05) is 32.2 Å². The van der Waals surface area contributed by atoms with Gasteiger partial charge in [0.25, 0.3) is 0 Å². The van der Waals surface area contributed by atoms with Crippen LogP contribution in [0.3, 0.4) is 0 Å². The molecule has 36 heavy (non-hydrogen) atoms. The molecule has 0 radical (unpaired) electrons. The van der Waals surface area contributed by atoms with Gasteiger partial charge in [0.15, 0.2) is 22.3 Å². The summed E-state index contributed by atoms with van der Waals surface area (Å²) in [5.41, 5.74) is 3.23. The number of methoxy groups -OCH3 is 2. The third-order valence-electron chi connectivity index (χ3n) is 6.16. The number of halogens is 1. The molecule has 0 unspecified atom stereocenters. The van der Waals surface area contributed by atoms with Crippen molar-refractivity contribution < 1.29 is 19.0 Å². The van der Waals surface area contributed by atoms with Gasteiger partial charge in [-0.3, -0.25) is 0 Å². The maximum Gasteiger partial charge on any atom is 0.340 e. The lowest BCUT2D eigenvalue weighted by Gasteiger charge is -2.25. The highest BCUT2D eigenvalue weighted by molar-refractivity contribution is 7.22. The zero-order chi connectivity index (χ0) is 25.1. The molecule has 0 spiro atoms. The van der Waals surface area contributed by atoms with E-state index < -0.39 is 5.97 Å². The van der Waals surface area contributed by atoms with Gasteiger partial charge in [-0.2, -0.15) is 4.98 Å². The minimum Gasteiger partial charge on any atom is -0.493 e. The maximum atomic E-state index is 13.3. The van der Waals surface area contributed by atoms with Crippen molar-refractivity contribution in [1.29, 1.82) is 0 Å². The molecule has 1 aliphatic heterocycles. The fourth-order valence-electron chi connectivity index (χ4n) is 4.22. The van der Waals surface area contributed by atoms with Crippen molar-refractivity contribution in [2.45, 2.75) is 25.9 Å². The Hall–Kier alpha value is -3.36. The standard InChI is InChI=1S/C27H26ClN3O4S/c1-33-22-11-8-18(14-23(22)34-2)21-15-20(26(32)35-16-17-6-9-19(28)10-7-17)24-25(29-21)30-27(36-24)31-12-4-3-5-13-31/h6-11,14-15H,3-5,12-13,16H2,1-2H3. The summed E-state index contributed by atoms with van der Waals surface area (Å²) in [5, 5.41) is 1.52. The zero-order valence-electron chi connectivity index (χ0n) is 20.1. The Labute approximate surface area is 218 Å². The summed E-state index contributed by atoms with van der Waals surface area (Å²) in [6.07, 6.45) is 3.50. The average Bonchev–Trinajstić information content (AvgIpc) is 3.36. The molecule has 0 bridgehead atoms. The van der Waals surface area contributed by atoms with Gasteiger partial charge in [0.05, 0.1) is 30.2 Å². The largest absolute Gasteiger partial charge is 0.493 e. The molecule has 0 atom stereocenters. The van der Waals surface area contributed by atoms with Crippen LogP contribution in [0.15, 0.2) is 48.5 Å². The highest BCUT2D eigenvalue weighted by Crippen LogP contribution is 2.37. The number of piperidine rings is 1. The van der Waals surface area contributed by atoms with Crippen molar-refractivity contribution in [3.63, 3.8) is 0 Å². The predicted molar refractivity (Wildman–Crippen MR) is 143 cm³/mol. The van der Waals surface area contributed by atoms with E-state index in [0.717, 1.165) is 46.9 Å². The highest BCUT2D eigenvalue weighted by Gasteiger charge is 2.22. The Morgan fingerprint density at radius 1 is 0.972 bits per heavy atom. The topological polar surface area (TPSA) is 73.8 Å². The number of nitrogens with zero attached hydrogens (tertiary/aromatic N) is 3. The van der Waals surface area contributed by atoms with Gasteiger partial charge in [-0.25, -0.2) is 9.78 Å². The number of thiazole rings is 1. The molecule has 186 valence electrons. The number of aromatic nitrogens is 2. The molecular weight excluding hydrogens is 498 g/mol. The fraction of sp³-hybridized carbons (Fsp3) is 0.296. The number of pyridine rings is 1. The van der Waals surface area contributed by atoms with Gasteiger partial charge in [-0.15, -0.1) is 0 Å². The van der Waals surface area contributed by atoms with E-state index in [4.69, 9.17) is 35.8 Å². The fourth-order valence-corrected chi connectivity index (χ4v) is 5.41. The predicted octanol–water partition coefficient (Wildman–Crippen LogP) is 6.38. The van der Waals surface area contributed by atoms with Crippen LogP contribution in [-0.4, -0.2) is 43.2 Å². The second-order valence-corrected chi connectivity index (χ2v) is 9.94. The summed E-state index contributed by atoms with van der Waals surface area (Å²) in [6, 6.07) is 14.5. The van der Waals surface area contributed by atoms with Crippen LogP contribution in [0.5, 0.6) is 11.5 Å². The molecule has 1 saturated heterocycles. The van der Waals surface area contributed by atoms with Gasteiger partial charge in [0, 0.05) is 23.7 Å². The Morgan fingerprint density at radius 3 is 2.44 bits per heavy atom. The molecule has 0 amide bonds. The summed E-state index contributed by atoms with van der Waals surface area (Å²) in [7, 11) is 3.18. The number of fused-ring (bicyclic) bond motifs is 1. The number of anilines is 1. The van der Waals surface area contributed by atoms with E-state index in [0.29, 0.717) is 33.4 Å². The van der Waals surface area contributed by atoms with Crippen molar-refractivity contribution in [1.82, 2.24) is 9.97 Å². The monoisotopic (exact) mass is 523 g/mol. The number of carbonyl (C=O) groups is 1. The normalized spacial score (nSPS) is 13.6. The molecule has 2 aromatic carbocycles. The second-order valence-electron chi connectivity index (χ2n) is 8.52. The zero-order valence-corrected chi connectivity index (χ0v) is 21.7. The summed E-state index contributed by atoms with van der Waals surface area (Å²) >= 11 is 7.47. The van der Waals surface area contributed by atoms with Gasteiger partial charge in [-0.1, -0.05) is 35.1 Å². The Morgan fingerprint density at radius 2 is 1.72 bits per heavy atom. The van der Waals surface area contributed by atoms with Crippen LogP contribution in [0.25, 0.3) is 21.6 Å². The van der Waals surface area contributed by atoms with Crippen LogP contribution in [0.1, 0.15) is 35.2 Å². The molecule has 4 aromatic rings.